The molecule has 172 valence electrons. The number of esters is 1. The molecule has 0 aliphatic rings. The maximum Gasteiger partial charge on any atom is 0.361 e. The number of oxazole rings is 1. The zero-order chi connectivity index (χ0) is 23.7. The van der Waals surface area contributed by atoms with Gasteiger partial charge in [0.05, 0.1) is 32.9 Å². The molecular formula is C22H22N4O7. The van der Waals surface area contributed by atoms with Gasteiger partial charge < -0.3 is 23.2 Å². The summed E-state index contributed by atoms with van der Waals surface area (Å²) in [7, 11) is 3.11. The van der Waals surface area contributed by atoms with Gasteiger partial charge in [-0.3, -0.25) is 9.36 Å². The van der Waals surface area contributed by atoms with Crippen LogP contribution < -0.4 is 15.0 Å². The van der Waals surface area contributed by atoms with Crippen molar-refractivity contribution in [2.75, 3.05) is 20.8 Å². The molecule has 4 aromatic rings. The number of methoxy groups -OCH3 is 2. The third kappa shape index (κ3) is 3.93. The Morgan fingerprint density at radius 2 is 1.94 bits per heavy atom. The summed E-state index contributed by atoms with van der Waals surface area (Å²) in [4.78, 5) is 34.2. The SMILES string of the molecule is CCOC(=O)c1noc2nc(C)n(Cc3nc(-c4ccc(OC)cc4OC)oc3C)c(=O)c12. The Morgan fingerprint density at radius 1 is 1.15 bits per heavy atom. The van der Waals surface area contributed by atoms with Gasteiger partial charge in [0.2, 0.25) is 11.6 Å². The van der Waals surface area contributed by atoms with Crippen LogP contribution in [0.3, 0.4) is 0 Å². The van der Waals surface area contributed by atoms with Crippen molar-refractivity contribution in [1.82, 2.24) is 19.7 Å². The second-order valence-corrected chi connectivity index (χ2v) is 7.07. The number of fused-ring (bicyclic) bond motifs is 1. The van der Waals surface area contributed by atoms with Crippen LogP contribution in [0.2, 0.25) is 0 Å². The minimum atomic E-state index is -0.753. The minimum absolute atomic E-state index is 0.0302. The van der Waals surface area contributed by atoms with E-state index in [2.05, 4.69) is 15.1 Å². The summed E-state index contributed by atoms with van der Waals surface area (Å²) >= 11 is 0. The van der Waals surface area contributed by atoms with Gasteiger partial charge in [0, 0.05) is 6.07 Å². The molecular weight excluding hydrogens is 432 g/mol. The minimum Gasteiger partial charge on any atom is -0.497 e. The van der Waals surface area contributed by atoms with E-state index < -0.39 is 11.5 Å². The van der Waals surface area contributed by atoms with Crippen LogP contribution in [0.5, 0.6) is 11.5 Å². The molecule has 1 aromatic carbocycles. The highest BCUT2D eigenvalue weighted by molar-refractivity contribution is 5.99. The third-order valence-electron chi connectivity index (χ3n) is 5.10. The van der Waals surface area contributed by atoms with Crippen LogP contribution in [0.15, 0.2) is 31.9 Å². The molecule has 11 nitrogen and oxygen atoms in total. The fraction of sp³-hybridized carbons (Fsp3) is 0.318. The lowest BCUT2D eigenvalue weighted by molar-refractivity contribution is 0.0516. The Morgan fingerprint density at radius 3 is 2.64 bits per heavy atom. The Bertz CT molecular complexity index is 1400. The van der Waals surface area contributed by atoms with Gasteiger partial charge in [0.25, 0.3) is 11.3 Å². The lowest BCUT2D eigenvalue weighted by Crippen LogP contribution is -2.25. The number of aryl methyl sites for hydroxylation is 2. The third-order valence-corrected chi connectivity index (χ3v) is 5.10. The van der Waals surface area contributed by atoms with Crippen molar-refractivity contribution in [3.63, 3.8) is 0 Å². The van der Waals surface area contributed by atoms with Gasteiger partial charge in [-0.1, -0.05) is 5.16 Å². The summed E-state index contributed by atoms with van der Waals surface area (Å²) < 4.78 is 27.9. The zero-order valence-corrected chi connectivity index (χ0v) is 18.8. The monoisotopic (exact) mass is 454 g/mol. The summed E-state index contributed by atoms with van der Waals surface area (Å²) in [6.07, 6.45) is 0. The molecule has 0 aliphatic carbocycles. The van der Waals surface area contributed by atoms with Crippen molar-refractivity contribution in [1.29, 1.82) is 0 Å². The molecule has 0 fully saturated rings. The molecule has 0 spiro atoms. The van der Waals surface area contributed by atoms with Gasteiger partial charge in [0.15, 0.2) is 0 Å². The Kier molecular flexibility index (Phi) is 5.86. The van der Waals surface area contributed by atoms with E-state index in [0.29, 0.717) is 40.2 Å². The summed E-state index contributed by atoms with van der Waals surface area (Å²) in [6.45, 7) is 5.25. The topological polar surface area (TPSA) is 132 Å². The normalized spacial score (nSPS) is 11.1. The van der Waals surface area contributed by atoms with Gasteiger partial charge >= 0.3 is 5.97 Å². The van der Waals surface area contributed by atoms with Crippen LogP contribution in [0.1, 0.15) is 34.7 Å². The first-order chi connectivity index (χ1) is 15.9. The molecule has 0 aliphatic heterocycles. The first-order valence-electron chi connectivity index (χ1n) is 10.1. The summed E-state index contributed by atoms with van der Waals surface area (Å²) in [6, 6.07) is 5.27. The van der Waals surface area contributed by atoms with Crippen LogP contribution in [-0.4, -0.2) is 46.5 Å². The van der Waals surface area contributed by atoms with Crippen molar-refractivity contribution in [3.8, 4) is 23.0 Å². The highest BCUT2D eigenvalue weighted by Crippen LogP contribution is 2.33. The number of carbonyl (C=O) groups is 1. The predicted molar refractivity (Wildman–Crippen MR) is 116 cm³/mol. The van der Waals surface area contributed by atoms with Gasteiger partial charge in [-0.25, -0.2) is 9.78 Å². The number of rotatable bonds is 7. The second kappa shape index (κ2) is 8.77. The Hall–Kier alpha value is -4.15. The van der Waals surface area contributed by atoms with Crippen molar-refractivity contribution >= 4 is 17.1 Å². The Balaban J connectivity index is 1.76. The van der Waals surface area contributed by atoms with Crippen molar-refractivity contribution in [2.24, 2.45) is 0 Å². The predicted octanol–water partition coefficient (Wildman–Crippen LogP) is 2.90. The summed E-state index contributed by atoms with van der Waals surface area (Å²) in [5.41, 5.74) is 0.418. The lowest BCUT2D eigenvalue weighted by Gasteiger charge is -2.08. The van der Waals surface area contributed by atoms with Crippen molar-refractivity contribution in [3.05, 3.63) is 51.5 Å². The first kappa shape index (κ1) is 22.1. The van der Waals surface area contributed by atoms with E-state index in [9.17, 15) is 9.59 Å². The second-order valence-electron chi connectivity index (χ2n) is 7.07. The molecule has 0 N–H and O–H groups in total. The van der Waals surface area contributed by atoms with E-state index in [0.717, 1.165) is 0 Å². The number of carbonyl (C=O) groups excluding carboxylic acids is 1. The smallest absolute Gasteiger partial charge is 0.361 e. The molecule has 4 rings (SSSR count). The number of ether oxygens (including phenoxy) is 3. The molecule has 3 aromatic heterocycles. The molecule has 0 atom stereocenters. The fourth-order valence-corrected chi connectivity index (χ4v) is 3.38. The van der Waals surface area contributed by atoms with E-state index in [1.54, 1.807) is 53.2 Å². The van der Waals surface area contributed by atoms with Crippen LogP contribution in [-0.2, 0) is 11.3 Å². The van der Waals surface area contributed by atoms with Crippen LogP contribution in [0.25, 0.3) is 22.6 Å². The number of hydrogen-bond donors (Lipinski definition) is 0. The molecule has 0 radical (unpaired) electrons. The molecule has 0 saturated heterocycles. The average Bonchev–Trinajstić information content (AvgIpc) is 3.39. The number of hydrogen-bond acceptors (Lipinski definition) is 10. The lowest BCUT2D eigenvalue weighted by atomic mass is 10.2. The maximum atomic E-state index is 13.2. The summed E-state index contributed by atoms with van der Waals surface area (Å²) in [5, 5.41) is 3.63. The van der Waals surface area contributed by atoms with E-state index in [1.807, 2.05) is 0 Å². The van der Waals surface area contributed by atoms with Gasteiger partial charge in [0.1, 0.15) is 34.2 Å². The Labute approximate surface area is 187 Å². The van der Waals surface area contributed by atoms with Crippen LogP contribution >= 0.6 is 0 Å². The molecule has 3 heterocycles. The highest BCUT2D eigenvalue weighted by atomic mass is 16.5. The van der Waals surface area contributed by atoms with E-state index in [4.69, 9.17) is 23.2 Å². The molecule has 0 unspecified atom stereocenters. The number of benzene rings is 1. The number of aromatic nitrogens is 4. The van der Waals surface area contributed by atoms with Gasteiger partial charge in [-0.2, -0.15) is 4.98 Å². The highest BCUT2D eigenvalue weighted by Gasteiger charge is 2.24. The average molecular weight is 454 g/mol. The van der Waals surface area contributed by atoms with Crippen LogP contribution in [0, 0.1) is 13.8 Å². The molecule has 0 amide bonds. The van der Waals surface area contributed by atoms with E-state index >= 15 is 0 Å². The van der Waals surface area contributed by atoms with E-state index in [-0.39, 0.29) is 29.9 Å². The fourth-order valence-electron chi connectivity index (χ4n) is 3.38. The van der Waals surface area contributed by atoms with Crippen molar-refractivity contribution < 1.29 is 27.9 Å². The van der Waals surface area contributed by atoms with Crippen molar-refractivity contribution in [2.45, 2.75) is 27.3 Å². The summed E-state index contributed by atoms with van der Waals surface area (Å²) in [5.74, 6) is 1.63. The molecule has 0 saturated carbocycles. The molecule has 33 heavy (non-hydrogen) atoms. The largest absolute Gasteiger partial charge is 0.497 e. The van der Waals surface area contributed by atoms with Crippen LogP contribution in [0.4, 0.5) is 0 Å². The van der Waals surface area contributed by atoms with E-state index in [1.165, 1.54) is 4.57 Å². The quantitative estimate of drug-likeness (QED) is 0.384. The molecule has 11 heteroatoms. The standard InChI is InChI=1S/C22H22N4O7/c1-6-31-22(28)18-17-20(33-25-18)23-12(3)26(21(17)27)10-15-11(2)32-19(24-15)14-8-7-13(29-4)9-16(14)30-5/h7-9H,6,10H2,1-5H3. The van der Waals surface area contributed by atoms with Gasteiger partial charge in [-0.15, -0.1) is 0 Å². The first-order valence-corrected chi connectivity index (χ1v) is 10.1. The maximum absolute atomic E-state index is 13.2. The number of nitrogens with zero attached hydrogens (tertiary/aromatic N) is 4. The van der Waals surface area contributed by atoms with Gasteiger partial charge in [-0.05, 0) is 32.9 Å². The zero-order valence-electron chi connectivity index (χ0n) is 18.8. The molecule has 0 bridgehead atoms.